The van der Waals surface area contributed by atoms with Crippen LogP contribution in [0, 0.1) is 0 Å². The third-order valence-electron chi connectivity index (χ3n) is 3.55. The van der Waals surface area contributed by atoms with Gasteiger partial charge in [-0.1, -0.05) is 48.0 Å². The van der Waals surface area contributed by atoms with E-state index < -0.39 is 0 Å². The molecule has 116 valence electrons. The molecular formula is C18H20BrNO2. The van der Waals surface area contributed by atoms with Gasteiger partial charge in [0.1, 0.15) is 5.75 Å². The molecule has 0 aliphatic rings. The Kier molecular flexibility index (Phi) is 6.01. The van der Waals surface area contributed by atoms with Crippen LogP contribution in [0.2, 0.25) is 0 Å². The Morgan fingerprint density at radius 2 is 1.86 bits per heavy atom. The number of carbonyl (C=O) groups excluding carboxylic acids is 1. The first kappa shape index (κ1) is 16.6. The number of ether oxygens (including phenoxy) is 1. The van der Waals surface area contributed by atoms with E-state index >= 15 is 0 Å². The molecule has 0 radical (unpaired) electrons. The highest BCUT2D eigenvalue weighted by Crippen LogP contribution is 2.28. The monoisotopic (exact) mass is 361 g/mol. The van der Waals surface area contributed by atoms with Gasteiger partial charge in [0.15, 0.2) is 6.61 Å². The normalized spacial score (nSPS) is 11.8. The van der Waals surface area contributed by atoms with E-state index in [-0.39, 0.29) is 12.5 Å². The van der Waals surface area contributed by atoms with E-state index in [4.69, 9.17) is 4.74 Å². The van der Waals surface area contributed by atoms with Gasteiger partial charge in [-0.3, -0.25) is 4.79 Å². The van der Waals surface area contributed by atoms with Gasteiger partial charge in [0.05, 0.1) is 0 Å². The van der Waals surface area contributed by atoms with E-state index in [1.165, 1.54) is 0 Å². The second-order valence-electron chi connectivity index (χ2n) is 5.19. The lowest BCUT2D eigenvalue weighted by atomic mass is 9.98. The lowest BCUT2D eigenvalue weighted by molar-refractivity contribution is -0.118. The summed E-state index contributed by atoms with van der Waals surface area (Å²) in [5.41, 5.74) is 1.90. The predicted molar refractivity (Wildman–Crippen MR) is 93.4 cm³/mol. The van der Waals surface area contributed by atoms with Crippen LogP contribution in [0.1, 0.15) is 31.7 Å². The minimum atomic E-state index is -0.165. The van der Waals surface area contributed by atoms with E-state index in [9.17, 15) is 4.79 Å². The van der Waals surface area contributed by atoms with Crippen molar-refractivity contribution in [3.63, 3.8) is 0 Å². The molecule has 2 aromatic rings. The molecule has 1 N–H and O–H groups in total. The molecule has 1 amide bonds. The minimum Gasteiger partial charge on any atom is -0.483 e. The van der Waals surface area contributed by atoms with Crippen LogP contribution in [-0.4, -0.2) is 12.5 Å². The van der Waals surface area contributed by atoms with Crippen LogP contribution in [0.5, 0.6) is 5.75 Å². The van der Waals surface area contributed by atoms with Crippen molar-refractivity contribution in [1.82, 2.24) is 0 Å². The summed E-state index contributed by atoms with van der Waals surface area (Å²) >= 11 is 3.36. The summed E-state index contributed by atoms with van der Waals surface area (Å²) in [6.07, 6.45) is 1.03. The Bertz CT molecular complexity index is 625. The molecule has 4 heteroatoms. The number of amides is 1. The van der Waals surface area contributed by atoms with Crippen LogP contribution in [-0.2, 0) is 4.79 Å². The van der Waals surface area contributed by atoms with Gasteiger partial charge in [-0.05, 0) is 48.2 Å². The summed E-state index contributed by atoms with van der Waals surface area (Å²) in [5, 5.41) is 2.82. The maximum Gasteiger partial charge on any atom is 0.262 e. The molecule has 0 unspecified atom stereocenters. The second kappa shape index (κ2) is 7.99. The third kappa shape index (κ3) is 4.60. The number of carbonyl (C=O) groups is 1. The van der Waals surface area contributed by atoms with E-state index in [0.29, 0.717) is 5.92 Å². The molecule has 1 atom stereocenters. The van der Waals surface area contributed by atoms with Gasteiger partial charge in [0.25, 0.3) is 5.91 Å². The standard InChI is InChI=1S/C18H20BrNO2/c1-3-13(2)16-6-4-5-7-17(16)22-12-18(21)20-15-10-8-14(19)9-11-15/h4-11,13H,3,12H2,1-2H3,(H,20,21)/t13-/m0/s1. The summed E-state index contributed by atoms with van der Waals surface area (Å²) in [6, 6.07) is 15.3. The molecule has 0 bridgehead atoms. The molecule has 2 rings (SSSR count). The van der Waals surface area contributed by atoms with E-state index in [0.717, 1.165) is 27.9 Å². The SMILES string of the molecule is CC[C@H](C)c1ccccc1OCC(=O)Nc1ccc(Br)cc1. The fourth-order valence-electron chi connectivity index (χ4n) is 2.11. The number of rotatable bonds is 6. The Labute approximate surface area is 139 Å². The molecule has 0 saturated heterocycles. The van der Waals surface area contributed by atoms with Gasteiger partial charge in [0.2, 0.25) is 0 Å². The topological polar surface area (TPSA) is 38.3 Å². The van der Waals surface area contributed by atoms with Gasteiger partial charge < -0.3 is 10.1 Å². The van der Waals surface area contributed by atoms with Gasteiger partial charge >= 0.3 is 0 Å². The van der Waals surface area contributed by atoms with Crippen LogP contribution < -0.4 is 10.1 Å². The van der Waals surface area contributed by atoms with E-state index in [1.807, 2.05) is 42.5 Å². The quantitative estimate of drug-likeness (QED) is 0.787. The minimum absolute atomic E-state index is 0.00348. The molecule has 2 aromatic carbocycles. The molecule has 0 aliphatic heterocycles. The Balaban J connectivity index is 1.95. The lowest BCUT2D eigenvalue weighted by Gasteiger charge is -2.15. The lowest BCUT2D eigenvalue weighted by Crippen LogP contribution is -2.20. The number of halogens is 1. The highest BCUT2D eigenvalue weighted by atomic mass is 79.9. The van der Waals surface area contributed by atoms with Crippen molar-refractivity contribution < 1.29 is 9.53 Å². The Morgan fingerprint density at radius 1 is 1.18 bits per heavy atom. The fourth-order valence-corrected chi connectivity index (χ4v) is 2.38. The summed E-state index contributed by atoms with van der Waals surface area (Å²) in [4.78, 5) is 12.0. The third-order valence-corrected chi connectivity index (χ3v) is 4.08. The van der Waals surface area contributed by atoms with Crippen molar-refractivity contribution >= 4 is 27.5 Å². The molecule has 0 aromatic heterocycles. The first-order valence-corrected chi connectivity index (χ1v) is 8.16. The maximum absolute atomic E-state index is 12.0. The summed E-state index contributed by atoms with van der Waals surface area (Å²) in [5.74, 6) is 1.02. The average molecular weight is 362 g/mol. The molecule has 0 saturated carbocycles. The number of anilines is 1. The van der Waals surface area contributed by atoms with Crippen molar-refractivity contribution in [2.24, 2.45) is 0 Å². The number of benzene rings is 2. The van der Waals surface area contributed by atoms with Gasteiger partial charge in [-0.15, -0.1) is 0 Å². The van der Waals surface area contributed by atoms with E-state index in [2.05, 4.69) is 41.2 Å². The summed E-state index contributed by atoms with van der Waals surface area (Å²) < 4.78 is 6.67. The average Bonchev–Trinajstić information content (AvgIpc) is 2.54. The Hall–Kier alpha value is -1.81. The highest BCUT2D eigenvalue weighted by Gasteiger charge is 2.11. The highest BCUT2D eigenvalue weighted by molar-refractivity contribution is 9.10. The number of hydrogen-bond acceptors (Lipinski definition) is 2. The molecule has 0 aliphatic carbocycles. The van der Waals surface area contributed by atoms with Gasteiger partial charge in [-0.25, -0.2) is 0 Å². The molecule has 0 spiro atoms. The van der Waals surface area contributed by atoms with Crippen LogP contribution in [0.4, 0.5) is 5.69 Å². The predicted octanol–water partition coefficient (Wildman–Crippen LogP) is 4.98. The van der Waals surface area contributed by atoms with Gasteiger partial charge in [0, 0.05) is 10.2 Å². The van der Waals surface area contributed by atoms with Crippen molar-refractivity contribution in [1.29, 1.82) is 0 Å². The van der Waals surface area contributed by atoms with Crippen LogP contribution in [0.3, 0.4) is 0 Å². The molecule has 22 heavy (non-hydrogen) atoms. The zero-order valence-electron chi connectivity index (χ0n) is 12.8. The van der Waals surface area contributed by atoms with Crippen LogP contribution in [0.25, 0.3) is 0 Å². The number of para-hydroxylation sites is 1. The largest absolute Gasteiger partial charge is 0.483 e. The molecule has 0 heterocycles. The van der Waals surface area contributed by atoms with Crippen LogP contribution >= 0.6 is 15.9 Å². The molecule has 3 nitrogen and oxygen atoms in total. The van der Waals surface area contributed by atoms with E-state index in [1.54, 1.807) is 0 Å². The first-order chi connectivity index (χ1) is 10.6. The van der Waals surface area contributed by atoms with Crippen molar-refractivity contribution in [2.45, 2.75) is 26.2 Å². The fraction of sp³-hybridized carbons (Fsp3) is 0.278. The zero-order chi connectivity index (χ0) is 15.9. The number of hydrogen-bond donors (Lipinski definition) is 1. The van der Waals surface area contributed by atoms with Gasteiger partial charge in [-0.2, -0.15) is 0 Å². The van der Waals surface area contributed by atoms with Crippen molar-refractivity contribution in [3.8, 4) is 5.75 Å². The first-order valence-electron chi connectivity index (χ1n) is 7.37. The smallest absolute Gasteiger partial charge is 0.262 e. The second-order valence-corrected chi connectivity index (χ2v) is 6.11. The molecular weight excluding hydrogens is 342 g/mol. The number of nitrogens with one attached hydrogen (secondary N) is 1. The summed E-state index contributed by atoms with van der Waals surface area (Å²) in [6.45, 7) is 4.30. The summed E-state index contributed by atoms with van der Waals surface area (Å²) in [7, 11) is 0. The van der Waals surface area contributed by atoms with Crippen LogP contribution in [0.15, 0.2) is 53.0 Å². The zero-order valence-corrected chi connectivity index (χ0v) is 14.4. The van der Waals surface area contributed by atoms with Crippen molar-refractivity contribution in [2.75, 3.05) is 11.9 Å². The van der Waals surface area contributed by atoms with Crippen molar-refractivity contribution in [3.05, 3.63) is 58.6 Å². The Morgan fingerprint density at radius 3 is 2.55 bits per heavy atom. The maximum atomic E-state index is 12.0. The molecule has 0 fully saturated rings.